The summed E-state index contributed by atoms with van der Waals surface area (Å²) in [5, 5.41) is 0. The van der Waals surface area contributed by atoms with Crippen LogP contribution in [0.15, 0.2) is 0 Å². The van der Waals surface area contributed by atoms with Gasteiger partial charge in [0.1, 0.15) is 0 Å². The second-order valence-corrected chi connectivity index (χ2v) is 3.18. The van der Waals surface area contributed by atoms with Crippen molar-refractivity contribution in [1.29, 1.82) is 0 Å². The molecule has 0 unspecified atom stereocenters. The normalized spacial score (nSPS) is 11.5. The number of nitrogens with zero attached hydrogens (tertiary/aromatic N) is 1. The van der Waals surface area contributed by atoms with Gasteiger partial charge in [0.2, 0.25) is 0 Å². The summed E-state index contributed by atoms with van der Waals surface area (Å²) in [5.74, 6) is 0. The van der Waals surface area contributed by atoms with E-state index in [1.807, 2.05) is 13.8 Å². The summed E-state index contributed by atoms with van der Waals surface area (Å²) < 4.78 is 36.5. The van der Waals surface area contributed by atoms with Crippen LogP contribution in [0.5, 0.6) is 0 Å². The van der Waals surface area contributed by atoms with Crippen molar-refractivity contribution in [3.8, 4) is 0 Å². The van der Waals surface area contributed by atoms with Crippen LogP contribution in [0, 0.1) is 0 Å². The fourth-order valence-electron chi connectivity index (χ4n) is 1.03. The Balaban J connectivity index is 4.27. The fourth-order valence-corrected chi connectivity index (χ4v) is 1.22. The molecule has 0 aliphatic rings. The van der Waals surface area contributed by atoms with Crippen molar-refractivity contribution >= 4 is 17.2 Å². The molecular weight excluding hydrogens is 199 g/mol. The first kappa shape index (κ1) is 12.7. The Morgan fingerprint density at radius 2 is 1.54 bits per heavy atom. The highest BCUT2D eigenvalue weighted by atomic mass is 32.1. The van der Waals surface area contributed by atoms with E-state index in [1.54, 1.807) is 0 Å². The van der Waals surface area contributed by atoms with Crippen LogP contribution in [0.3, 0.4) is 0 Å². The molecule has 0 amide bonds. The number of halogens is 3. The summed E-state index contributed by atoms with van der Waals surface area (Å²) in [7, 11) is 0. The van der Waals surface area contributed by atoms with Gasteiger partial charge in [0, 0.05) is 13.1 Å². The second kappa shape index (κ2) is 5.42. The summed E-state index contributed by atoms with van der Waals surface area (Å²) in [4.78, 5) is 0.325. The average molecular weight is 213 g/mol. The van der Waals surface area contributed by atoms with Crippen molar-refractivity contribution in [1.82, 2.24) is 4.90 Å². The molecule has 0 aromatic carbocycles. The first-order valence-electron chi connectivity index (χ1n) is 4.29. The third-order valence-electron chi connectivity index (χ3n) is 1.52. The molecular formula is C8H14F3NS. The van der Waals surface area contributed by atoms with Gasteiger partial charge in [-0.05, 0) is 12.8 Å². The van der Waals surface area contributed by atoms with Crippen molar-refractivity contribution in [3.63, 3.8) is 0 Å². The van der Waals surface area contributed by atoms with E-state index in [2.05, 4.69) is 12.2 Å². The molecule has 0 aromatic rings. The summed E-state index contributed by atoms with van der Waals surface area (Å²) in [6.07, 6.45) is -3.01. The van der Waals surface area contributed by atoms with Gasteiger partial charge in [0.15, 0.2) is 4.99 Å². The largest absolute Gasteiger partial charge is 0.441 e. The predicted molar refractivity (Wildman–Crippen MR) is 50.8 cm³/mol. The third kappa shape index (κ3) is 4.45. The van der Waals surface area contributed by atoms with Gasteiger partial charge >= 0.3 is 6.18 Å². The predicted octanol–water partition coefficient (Wildman–Crippen LogP) is 3.00. The maximum absolute atomic E-state index is 12.2. The van der Waals surface area contributed by atoms with Gasteiger partial charge in [-0.3, -0.25) is 0 Å². The second-order valence-electron chi connectivity index (χ2n) is 2.79. The maximum atomic E-state index is 12.2. The van der Waals surface area contributed by atoms with Crippen molar-refractivity contribution in [2.45, 2.75) is 32.9 Å². The molecule has 0 aromatic heterocycles. The number of hydrogen-bond acceptors (Lipinski definition) is 1. The van der Waals surface area contributed by atoms with Crippen LogP contribution in [-0.4, -0.2) is 29.2 Å². The monoisotopic (exact) mass is 213 g/mol. The Labute approximate surface area is 81.9 Å². The van der Waals surface area contributed by atoms with E-state index in [4.69, 9.17) is 0 Å². The summed E-state index contributed by atoms with van der Waals surface area (Å²) in [5.41, 5.74) is 0. The lowest BCUT2D eigenvalue weighted by atomic mass is 10.3. The molecule has 78 valence electrons. The van der Waals surface area contributed by atoms with E-state index >= 15 is 0 Å². The number of thiocarbonyl (C=S) groups is 1. The number of rotatable bonds is 4. The number of hydrogen-bond donors (Lipinski definition) is 0. The molecule has 0 spiro atoms. The topological polar surface area (TPSA) is 3.24 Å². The highest BCUT2D eigenvalue weighted by Gasteiger charge is 2.37. The maximum Gasteiger partial charge on any atom is 0.441 e. The lowest BCUT2D eigenvalue weighted by Crippen LogP contribution is -2.40. The SMILES string of the molecule is CCCN(CCC)C(=S)C(F)(F)F. The molecule has 0 heterocycles. The van der Waals surface area contributed by atoms with Gasteiger partial charge in [-0.1, -0.05) is 26.1 Å². The molecule has 0 atom stereocenters. The Morgan fingerprint density at radius 1 is 1.15 bits per heavy atom. The molecule has 1 nitrogen and oxygen atoms in total. The first-order valence-corrected chi connectivity index (χ1v) is 4.70. The summed E-state index contributed by atoms with van der Waals surface area (Å²) >= 11 is 4.34. The van der Waals surface area contributed by atoms with E-state index in [0.29, 0.717) is 25.9 Å². The fraction of sp³-hybridized carbons (Fsp3) is 0.875. The molecule has 13 heavy (non-hydrogen) atoms. The van der Waals surface area contributed by atoms with E-state index in [9.17, 15) is 13.2 Å². The number of alkyl halides is 3. The van der Waals surface area contributed by atoms with Gasteiger partial charge in [0.25, 0.3) is 0 Å². The molecule has 0 N–H and O–H groups in total. The zero-order chi connectivity index (χ0) is 10.5. The smallest absolute Gasteiger partial charge is 0.359 e. The molecule has 0 bridgehead atoms. The molecule has 0 rings (SSSR count). The van der Waals surface area contributed by atoms with E-state index in [0.717, 1.165) is 0 Å². The van der Waals surface area contributed by atoms with Crippen molar-refractivity contribution in [2.24, 2.45) is 0 Å². The van der Waals surface area contributed by atoms with Gasteiger partial charge < -0.3 is 4.90 Å². The standard InChI is InChI=1S/C8H14F3NS/c1-3-5-12(6-4-2)7(13)8(9,10)11/h3-6H2,1-2H3. The zero-order valence-corrected chi connectivity index (χ0v) is 8.63. The molecule has 0 radical (unpaired) electrons. The molecule has 0 saturated carbocycles. The minimum absolute atomic E-state index is 0.381. The van der Waals surface area contributed by atoms with Crippen LogP contribution in [0.1, 0.15) is 26.7 Å². The van der Waals surface area contributed by atoms with Crippen LogP contribution in [0.4, 0.5) is 13.2 Å². The molecule has 0 fully saturated rings. The quantitative estimate of drug-likeness (QED) is 0.660. The van der Waals surface area contributed by atoms with Gasteiger partial charge in [-0.15, -0.1) is 0 Å². The van der Waals surface area contributed by atoms with E-state index in [1.165, 1.54) is 4.90 Å². The molecule has 5 heteroatoms. The highest BCUT2D eigenvalue weighted by Crippen LogP contribution is 2.20. The minimum Gasteiger partial charge on any atom is -0.359 e. The zero-order valence-electron chi connectivity index (χ0n) is 7.82. The Bertz CT molecular complexity index is 161. The average Bonchev–Trinajstić information content (AvgIpc) is 2.01. The van der Waals surface area contributed by atoms with Gasteiger partial charge in [0.05, 0.1) is 0 Å². The van der Waals surface area contributed by atoms with Crippen LogP contribution >= 0.6 is 12.2 Å². The summed E-state index contributed by atoms with van der Waals surface area (Å²) in [6.45, 7) is 4.43. The molecule has 0 aliphatic carbocycles. The third-order valence-corrected chi connectivity index (χ3v) is 2.01. The summed E-state index contributed by atoms with van der Waals surface area (Å²) in [6, 6.07) is 0. The van der Waals surface area contributed by atoms with E-state index in [-0.39, 0.29) is 0 Å². The molecule has 0 saturated heterocycles. The Hall–Kier alpha value is -0.320. The van der Waals surface area contributed by atoms with Crippen LogP contribution in [0.2, 0.25) is 0 Å². The Kier molecular flexibility index (Phi) is 5.29. The van der Waals surface area contributed by atoms with E-state index < -0.39 is 11.2 Å². The Morgan fingerprint density at radius 3 is 1.77 bits per heavy atom. The van der Waals surface area contributed by atoms with Gasteiger partial charge in [-0.25, -0.2) is 0 Å². The minimum atomic E-state index is -4.36. The van der Waals surface area contributed by atoms with Crippen LogP contribution < -0.4 is 0 Å². The van der Waals surface area contributed by atoms with Crippen LogP contribution in [-0.2, 0) is 0 Å². The lowest BCUT2D eigenvalue weighted by molar-refractivity contribution is -0.0658. The lowest BCUT2D eigenvalue weighted by Gasteiger charge is -2.25. The highest BCUT2D eigenvalue weighted by molar-refractivity contribution is 7.80. The van der Waals surface area contributed by atoms with Crippen molar-refractivity contribution < 1.29 is 13.2 Å². The van der Waals surface area contributed by atoms with Crippen LogP contribution in [0.25, 0.3) is 0 Å². The molecule has 0 aliphatic heterocycles. The van der Waals surface area contributed by atoms with Gasteiger partial charge in [-0.2, -0.15) is 13.2 Å². The van der Waals surface area contributed by atoms with Crippen molar-refractivity contribution in [3.05, 3.63) is 0 Å². The van der Waals surface area contributed by atoms with Crippen molar-refractivity contribution in [2.75, 3.05) is 13.1 Å². The first-order chi connectivity index (χ1) is 5.93.